The molecule has 3 aromatic rings. The van der Waals surface area contributed by atoms with E-state index in [0.717, 1.165) is 0 Å². The summed E-state index contributed by atoms with van der Waals surface area (Å²) in [5.74, 6) is -2.78. The molecule has 0 radical (unpaired) electrons. The first-order chi connectivity index (χ1) is 17.1. The van der Waals surface area contributed by atoms with Crippen molar-refractivity contribution in [3.63, 3.8) is 0 Å². The van der Waals surface area contributed by atoms with E-state index < -0.39 is 29.5 Å². The van der Waals surface area contributed by atoms with Gasteiger partial charge < -0.3 is 24.8 Å². The van der Waals surface area contributed by atoms with Crippen LogP contribution in [0.2, 0.25) is 0 Å². The van der Waals surface area contributed by atoms with Gasteiger partial charge in [-0.2, -0.15) is 5.10 Å². The highest BCUT2D eigenvalue weighted by Crippen LogP contribution is 2.50. The Kier molecular flexibility index (Phi) is 6.73. The van der Waals surface area contributed by atoms with Crippen molar-refractivity contribution < 1.29 is 34.4 Å². The maximum Gasteiger partial charge on any atom is 0.306 e. The number of aryl methyl sites for hydroxylation is 1. The first-order valence-corrected chi connectivity index (χ1v) is 11.6. The number of benzene rings is 1. The van der Waals surface area contributed by atoms with Gasteiger partial charge in [-0.15, -0.1) is 0 Å². The number of nitrogens with zero attached hydrogens (tertiary/aromatic N) is 3. The number of carbonyl (C=O) groups is 2. The van der Waals surface area contributed by atoms with E-state index in [4.69, 9.17) is 9.47 Å². The fraction of sp³-hybridized carbons (Fsp3) is 0.385. The second-order valence-electron chi connectivity index (χ2n) is 9.13. The molecule has 0 bridgehead atoms. The van der Waals surface area contributed by atoms with Crippen molar-refractivity contribution in [2.75, 3.05) is 7.11 Å². The van der Waals surface area contributed by atoms with Crippen molar-refractivity contribution in [3.8, 4) is 17.2 Å². The molecule has 0 amide bonds. The molecule has 3 heterocycles. The molecule has 0 aliphatic carbocycles. The monoisotopic (exact) mass is 495 g/mol. The molecule has 2 unspecified atom stereocenters. The number of esters is 1. The van der Waals surface area contributed by atoms with Gasteiger partial charge in [-0.25, -0.2) is 0 Å². The van der Waals surface area contributed by atoms with Gasteiger partial charge in [0.2, 0.25) is 0 Å². The van der Waals surface area contributed by atoms with Crippen LogP contribution in [0.5, 0.6) is 17.2 Å². The minimum absolute atomic E-state index is 0.0205. The van der Waals surface area contributed by atoms with E-state index in [-0.39, 0.29) is 47.3 Å². The maximum atomic E-state index is 12.6. The van der Waals surface area contributed by atoms with Crippen LogP contribution in [0, 0.1) is 6.92 Å². The van der Waals surface area contributed by atoms with Crippen molar-refractivity contribution in [1.29, 1.82) is 0 Å². The number of methoxy groups -OCH3 is 1. The van der Waals surface area contributed by atoms with Crippen molar-refractivity contribution in [1.82, 2.24) is 14.8 Å². The molecule has 2 aromatic heterocycles. The van der Waals surface area contributed by atoms with Crippen LogP contribution < -0.4 is 0 Å². The number of phenols is 2. The molecule has 4 rings (SSSR count). The predicted octanol–water partition coefficient (Wildman–Crippen LogP) is 3.80. The molecule has 0 saturated carbocycles. The zero-order valence-electron chi connectivity index (χ0n) is 20.8. The summed E-state index contributed by atoms with van der Waals surface area (Å²) in [5.41, 5.74) is 2.12. The van der Waals surface area contributed by atoms with E-state index in [1.165, 1.54) is 20.1 Å². The quantitative estimate of drug-likeness (QED) is 0.329. The van der Waals surface area contributed by atoms with Crippen LogP contribution in [0.1, 0.15) is 89.3 Å². The van der Waals surface area contributed by atoms with Gasteiger partial charge in [-0.3, -0.25) is 19.3 Å². The number of Topliss-reactive ketones (excluding diaryl/α,β-unsaturated/α-hetero) is 1. The average molecular weight is 496 g/mol. The number of phenolic OH excluding ortho intramolecular Hbond substituents is 2. The Balaban J connectivity index is 2.00. The molecule has 0 spiro atoms. The summed E-state index contributed by atoms with van der Waals surface area (Å²) in [7, 11) is 1.25. The first kappa shape index (κ1) is 25.2. The fourth-order valence-corrected chi connectivity index (χ4v) is 4.70. The summed E-state index contributed by atoms with van der Waals surface area (Å²) in [4.78, 5) is 29.2. The van der Waals surface area contributed by atoms with Crippen molar-refractivity contribution in [3.05, 3.63) is 63.7 Å². The minimum atomic E-state index is -0.923. The highest BCUT2D eigenvalue weighted by Gasteiger charge is 2.37. The number of aromatic hydroxyl groups is 3. The van der Waals surface area contributed by atoms with Gasteiger partial charge in [0.15, 0.2) is 5.78 Å². The van der Waals surface area contributed by atoms with E-state index in [2.05, 4.69) is 10.1 Å². The highest BCUT2D eigenvalue weighted by molar-refractivity contribution is 5.98. The van der Waals surface area contributed by atoms with Crippen LogP contribution in [0.15, 0.2) is 24.5 Å². The van der Waals surface area contributed by atoms with Gasteiger partial charge in [0.05, 0.1) is 31.4 Å². The molecule has 0 saturated heterocycles. The molecule has 3 N–H and O–H groups in total. The number of hydrogen-bond donors (Lipinski definition) is 3. The summed E-state index contributed by atoms with van der Waals surface area (Å²) in [5, 5.41) is 37.9. The third-order valence-electron chi connectivity index (χ3n) is 6.52. The number of hydrogen-bond acceptors (Lipinski definition) is 9. The molecule has 190 valence electrons. The Hall–Kier alpha value is -3.92. The van der Waals surface area contributed by atoms with Gasteiger partial charge in [0.25, 0.3) is 0 Å². The van der Waals surface area contributed by atoms with E-state index >= 15 is 0 Å². The molecule has 10 nitrogen and oxygen atoms in total. The lowest BCUT2D eigenvalue weighted by molar-refractivity contribution is -0.140. The largest absolute Gasteiger partial charge is 0.507 e. The summed E-state index contributed by atoms with van der Waals surface area (Å²) in [6, 6.07) is 2.96. The molecular formula is C26H29N3O7. The number of ketones is 1. The number of aromatic nitrogens is 3. The predicted molar refractivity (Wildman–Crippen MR) is 128 cm³/mol. The second-order valence-corrected chi connectivity index (χ2v) is 9.13. The first-order valence-electron chi connectivity index (χ1n) is 11.6. The van der Waals surface area contributed by atoms with Crippen LogP contribution in [-0.4, -0.2) is 48.9 Å². The SMILES string of the molecule is COC(=O)CC(c1c(O)c(C(C)=O)cc(C2OCc3cnc(C)c(O)c32)c1O)c1ccnn1C(C)C. The normalized spacial score (nSPS) is 15.7. The van der Waals surface area contributed by atoms with Crippen LogP contribution >= 0.6 is 0 Å². The zero-order chi connectivity index (χ0) is 26.3. The van der Waals surface area contributed by atoms with E-state index in [9.17, 15) is 24.9 Å². The lowest BCUT2D eigenvalue weighted by atomic mass is 9.84. The molecule has 1 aliphatic rings. The topological polar surface area (TPSA) is 144 Å². The third-order valence-corrected chi connectivity index (χ3v) is 6.52. The number of fused-ring (bicyclic) bond motifs is 1. The van der Waals surface area contributed by atoms with Crippen molar-refractivity contribution in [2.24, 2.45) is 0 Å². The Bertz CT molecular complexity index is 1350. The standard InChI is InChI=1S/C26H29N3O7/c1-12(2)29-19(6-7-28-29)17(9-20(31)35-5)22-24(33)16(14(4)30)8-18(25(22)34)26-21-15(11-36-26)10-27-13(3)23(21)32/h6-8,10,12,17,26,32-34H,9,11H2,1-5H3. The van der Waals surface area contributed by atoms with E-state index in [1.807, 2.05) is 13.8 Å². The van der Waals surface area contributed by atoms with Gasteiger partial charge in [-0.05, 0) is 39.8 Å². The third kappa shape index (κ3) is 4.17. The molecular weight excluding hydrogens is 466 g/mol. The van der Waals surface area contributed by atoms with Gasteiger partial charge in [0, 0.05) is 52.3 Å². The number of rotatable bonds is 7. The molecule has 1 aliphatic heterocycles. The number of carbonyl (C=O) groups excluding carboxylic acids is 2. The Morgan fingerprint density at radius 1 is 1.22 bits per heavy atom. The lowest BCUT2D eigenvalue weighted by Crippen LogP contribution is -2.18. The molecule has 0 fully saturated rings. The molecule has 36 heavy (non-hydrogen) atoms. The van der Waals surface area contributed by atoms with E-state index in [0.29, 0.717) is 22.5 Å². The Labute approximate surface area is 208 Å². The maximum absolute atomic E-state index is 12.6. The Morgan fingerprint density at radius 3 is 2.58 bits per heavy atom. The van der Waals surface area contributed by atoms with Crippen LogP contribution in [-0.2, 0) is 20.9 Å². The van der Waals surface area contributed by atoms with Crippen LogP contribution in [0.3, 0.4) is 0 Å². The van der Waals surface area contributed by atoms with E-state index in [1.54, 1.807) is 30.1 Å². The summed E-state index contributed by atoms with van der Waals surface area (Å²) < 4.78 is 12.5. The Morgan fingerprint density at radius 2 is 1.94 bits per heavy atom. The van der Waals surface area contributed by atoms with Gasteiger partial charge in [0.1, 0.15) is 23.4 Å². The smallest absolute Gasteiger partial charge is 0.306 e. The van der Waals surface area contributed by atoms with Gasteiger partial charge in [-0.1, -0.05) is 0 Å². The van der Waals surface area contributed by atoms with Crippen molar-refractivity contribution in [2.45, 2.75) is 58.8 Å². The van der Waals surface area contributed by atoms with Gasteiger partial charge >= 0.3 is 5.97 Å². The number of ether oxygens (including phenoxy) is 2. The zero-order valence-corrected chi connectivity index (χ0v) is 20.8. The summed E-state index contributed by atoms with van der Waals surface area (Å²) >= 11 is 0. The summed E-state index contributed by atoms with van der Waals surface area (Å²) in [6.07, 6.45) is 2.00. The number of pyridine rings is 1. The van der Waals surface area contributed by atoms with Crippen LogP contribution in [0.4, 0.5) is 0 Å². The molecule has 1 aromatic carbocycles. The highest BCUT2D eigenvalue weighted by atomic mass is 16.5. The summed E-state index contributed by atoms with van der Waals surface area (Å²) in [6.45, 7) is 6.89. The molecule has 2 atom stereocenters. The lowest BCUT2D eigenvalue weighted by Gasteiger charge is -2.25. The average Bonchev–Trinajstić information content (AvgIpc) is 3.48. The molecule has 10 heteroatoms. The van der Waals surface area contributed by atoms with Crippen molar-refractivity contribution >= 4 is 11.8 Å². The van der Waals surface area contributed by atoms with Crippen LogP contribution in [0.25, 0.3) is 0 Å². The fourth-order valence-electron chi connectivity index (χ4n) is 4.70. The second kappa shape index (κ2) is 9.62. The minimum Gasteiger partial charge on any atom is -0.507 e.